The van der Waals surface area contributed by atoms with E-state index in [0.29, 0.717) is 51.6 Å². The van der Waals surface area contributed by atoms with Crippen LogP contribution in [-0.2, 0) is 6.54 Å². The highest BCUT2D eigenvalue weighted by Crippen LogP contribution is 2.39. The smallest absolute Gasteiger partial charge is 0.255 e. The number of nitrogens with zero attached hydrogens (tertiary/aromatic N) is 1. The average molecular weight is 607 g/mol. The van der Waals surface area contributed by atoms with Crippen molar-refractivity contribution in [2.75, 3.05) is 25.5 Å². The van der Waals surface area contributed by atoms with Gasteiger partial charge in [-0.3, -0.25) is 14.4 Å². The Hall–Kier alpha value is -5.06. The van der Waals surface area contributed by atoms with E-state index in [2.05, 4.69) is 27.6 Å². The third-order valence-electron chi connectivity index (χ3n) is 8.74. The lowest BCUT2D eigenvalue weighted by molar-refractivity contribution is 0.0948. The molecule has 0 bridgehead atoms. The summed E-state index contributed by atoms with van der Waals surface area (Å²) in [4.78, 5) is 44.2. The van der Waals surface area contributed by atoms with Crippen LogP contribution in [0.15, 0.2) is 72.8 Å². The summed E-state index contributed by atoms with van der Waals surface area (Å²) < 4.78 is 13.4. The fraction of sp³-hybridized carbons (Fsp3) is 0.229. The summed E-state index contributed by atoms with van der Waals surface area (Å²) >= 11 is 0. The highest BCUT2D eigenvalue weighted by molar-refractivity contribution is 6.20. The van der Waals surface area contributed by atoms with E-state index in [4.69, 9.17) is 11.5 Å². The van der Waals surface area contributed by atoms with E-state index >= 15 is 0 Å². The lowest BCUT2D eigenvalue weighted by atomic mass is 9.92. The topological polar surface area (TPSA) is 146 Å². The fourth-order valence-electron chi connectivity index (χ4n) is 6.35. The zero-order valence-corrected chi connectivity index (χ0v) is 25.0. The first-order chi connectivity index (χ1) is 21.7. The number of fused-ring (bicyclic) bond motifs is 3. The van der Waals surface area contributed by atoms with Crippen LogP contribution in [0.25, 0.3) is 32.9 Å². The number of hydrogen-bond acceptors (Lipinski definition) is 5. The number of primary amides is 1. The molecule has 10 heteroatoms. The SMILES string of the molecule is CN1CCCC1CCNC(=O)c1ccc2c(c1)[nH]c1c(C(N)=O)ccc(-c3cccc(NC(=O)c4ccc(F)cc4)c3CN)c12. The van der Waals surface area contributed by atoms with Gasteiger partial charge in [0, 0.05) is 52.2 Å². The molecule has 0 radical (unpaired) electrons. The second-order valence-corrected chi connectivity index (χ2v) is 11.5. The molecule has 5 aromatic rings. The number of amides is 3. The van der Waals surface area contributed by atoms with Crippen molar-refractivity contribution < 1.29 is 18.8 Å². The van der Waals surface area contributed by atoms with Gasteiger partial charge in [0.2, 0.25) is 0 Å². The Balaban J connectivity index is 1.37. The number of anilines is 1. The van der Waals surface area contributed by atoms with Crippen LogP contribution >= 0.6 is 0 Å². The molecule has 1 fully saturated rings. The van der Waals surface area contributed by atoms with E-state index in [1.54, 1.807) is 24.3 Å². The molecule has 1 aromatic heterocycles. The van der Waals surface area contributed by atoms with Crippen molar-refractivity contribution in [3.8, 4) is 11.1 Å². The maximum Gasteiger partial charge on any atom is 0.255 e. The lowest BCUT2D eigenvalue weighted by Crippen LogP contribution is -2.31. The van der Waals surface area contributed by atoms with Crippen LogP contribution in [0.1, 0.15) is 55.9 Å². The molecule has 0 spiro atoms. The second kappa shape index (κ2) is 12.5. The number of aromatic amines is 1. The predicted octanol–water partition coefficient (Wildman–Crippen LogP) is 5.15. The second-order valence-electron chi connectivity index (χ2n) is 11.5. The first-order valence-electron chi connectivity index (χ1n) is 15.0. The Bertz CT molecular complexity index is 1930. The summed E-state index contributed by atoms with van der Waals surface area (Å²) in [5.41, 5.74) is 17.1. The van der Waals surface area contributed by atoms with E-state index in [-0.39, 0.29) is 12.5 Å². The normalized spacial score (nSPS) is 15.0. The van der Waals surface area contributed by atoms with Crippen molar-refractivity contribution in [1.82, 2.24) is 15.2 Å². The van der Waals surface area contributed by atoms with E-state index < -0.39 is 17.6 Å². The van der Waals surface area contributed by atoms with Crippen molar-refractivity contribution in [2.45, 2.75) is 31.8 Å². The predicted molar refractivity (Wildman–Crippen MR) is 175 cm³/mol. The van der Waals surface area contributed by atoms with Crippen LogP contribution in [0.3, 0.4) is 0 Å². The van der Waals surface area contributed by atoms with Gasteiger partial charge < -0.3 is 32.0 Å². The summed E-state index contributed by atoms with van der Waals surface area (Å²) in [6.07, 6.45) is 3.23. The molecule has 7 N–H and O–H groups in total. The standard InChI is InChI=1S/C35H35FN6O3/c1-42-17-3-4-23(42)15-16-39-34(44)21-9-12-26-30(18-21)40-32-27(33(38)43)14-13-25(31(26)32)24-5-2-6-29(28(24)19-37)41-35(45)20-7-10-22(36)11-8-20/h2,5-14,18,23,40H,3-4,15-17,19,37H2,1H3,(H2,38,43)(H,39,44)(H,41,45). The van der Waals surface area contributed by atoms with Crippen LogP contribution in [0.4, 0.5) is 10.1 Å². The van der Waals surface area contributed by atoms with Crippen LogP contribution in [-0.4, -0.2) is 53.8 Å². The summed E-state index contributed by atoms with van der Waals surface area (Å²) in [6, 6.07) is 20.1. The van der Waals surface area contributed by atoms with Crippen molar-refractivity contribution in [3.63, 3.8) is 0 Å². The number of nitrogens with one attached hydrogen (secondary N) is 3. The summed E-state index contributed by atoms with van der Waals surface area (Å²) in [7, 11) is 2.12. The summed E-state index contributed by atoms with van der Waals surface area (Å²) in [6.45, 7) is 1.79. The molecule has 3 amide bonds. The summed E-state index contributed by atoms with van der Waals surface area (Å²) in [5, 5.41) is 7.49. The van der Waals surface area contributed by atoms with E-state index in [1.807, 2.05) is 24.3 Å². The molecule has 9 nitrogen and oxygen atoms in total. The molecule has 1 aliphatic rings. The lowest BCUT2D eigenvalue weighted by Gasteiger charge is -2.19. The minimum absolute atomic E-state index is 0.109. The number of benzene rings is 4. The molecule has 230 valence electrons. The Labute approximate surface area is 259 Å². The van der Waals surface area contributed by atoms with Gasteiger partial charge in [-0.1, -0.05) is 24.3 Å². The van der Waals surface area contributed by atoms with Crippen LogP contribution in [0, 0.1) is 5.82 Å². The van der Waals surface area contributed by atoms with Gasteiger partial charge in [0.25, 0.3) is 17.7 Å². The molecule has 0 aliphatic carbocycles. The van der Waals surface area contributed by atoms with Gasteiger partial charge in [-0.15, -0.1) is 0 Å². The van der Waals surface area contributed by atoms with Crippen molar-refractivity contribution in [1.29, 1.82) is 0 Å². The first-order valence-corrected chi connectivity index (χ1v) is 15.0. The molecule has 0 saturated carbocycles. The molecule has 6 rings (SSSR count). The van der Waals surface area contributed by atoms with Gasteiger partial charge in [0.15, 0.2) is 0 Å². The summed E-state index contributed by atoms with van der Waals surface area (Å²) in [5.74, 6) is -1.59. The molecular weight excluding hydrogens is 571 g/mol. The number of H-pyrrole nitrogens is 1. The van der Waals surface area contributed by atoms with Crippen molar-refractivity contribution in [2.24, 2.45) is 11.5 Å². The molecule has 2 heterocycles. The van der Waals surface area contributed by atoms with Gasteiger partial charge >= 0.3 is 0 Å². The largest absolute Gasteiger partial charge is 0.366 e. The molecule has 1 saturated heterocycles. The van der Waals surface area contributed by atoms with Gasteiger partial charge in [0.05, 0.1) is 11.1 Å². The minimum atomic E-state index is -0.590. The van der Waals surface area contributed by atoms with Crippen LogP contribution in [0.2, 0.25) is 0 Å². The molecular formula is C35H35FN6O3. The maximum atomic E-state index is 13.4. The molecule has 1 aliphatic heterocycles. The Morgan fingerprint density at radius 1 is 0.978 bits per heavy atom. The van der Waals surface area contributed by atoms with Crippen molar-refractivity contribution in [3.05, 3.63) is 101 Å². The zero-order chi connectivity index (χ0) is 31.7. The van der Waals surface area contributed by atoms with Gasteiger partial charge in [0.1, 0.15) is 5.82 Å². The average Bonchev–Trinajstić information content (AvgIpc) is 3.63. The Kier molecular flexibility index (Phi) is 8.34. The van der Waals surface area contributed by atoms with Crippen LogP contribution < -0.4 is 22.1 Å². The number of likely N-dealkylation sites (tertiary alicyclic amines) is 1. The van der Waals surface area contributed by atoms with E-state index in [0.717, 1.165) is 41.3 Å². The van der Waals surface area contributed by atoms with Crippen molar-refractivity contribution >= 4 is 45.2 Å². The molecule has 45 heavy (non-hydrogen) atoms. The number of nitrogens with two attached hydrogens (primary N) is 2. The number of carbonyl (C=O) groups is 3. The number of carbonyl (C=O) groups excluding carboxylic acids is 3. The van der Waals surface area contributed by atoms with E-state index in [9.17, 15) is 18.8 Å². The molecule has 1 unspecified atom stereocenters. The minimum Gasteiger partial charge on any atom is -0.366 e. The third kappa shape index (κ3) is 5.90. The van der Waals surface area contributed by atoms with Crippen LogP contribution in [0.5, 0.6) is 0 Å². The first kappa shape index (κ1) is 30.0. The Morgan fingerprint density at radius 2 is 1.76 bits per heavy atom. The number of aromatic nitrogens is 1. The molecule has 1 atom stereocenters. The third-order valence-corrected chi connectivity index (χ3v) is 8.74. The van der Waals surface area contributed by atoms with Gasteiger partial charge in [-0.25, -0.2) is 4.39 Å². The highest BCUT2D eigenvalue weighted by atomic mass is 19.1. The van der Waals surface area contributed by atoms with Gasteiger partial charge in [-0.2, -0.15) is 0 Å². The highest BCUT2D eigenvalue weighted by Gasteiger charge is 2.22. The fourth-order valence-corrected chi connectivity index (χ4v) is 6.35. The quantitative estimate of drug-likeness (QED) is 0.158. The number of halogens is 1. The van der Waals surface area contributed by atoms with Gasteiger partial charge in [-0.05, 0) is 98.1 Å². The molecule has 4 aromatic carbocycles. The zero-order valence-electron chi connectivity index (χ0n) is 25.0. The van der Waals surface area contributed by atoms with E-state index in [1.165, 1.54) is 30.7 Å². The number of hydrogen-bond donors (Lipinski definition) is 5. The maximum absolute atomic E-state index is 13.4. The number of rotatable bonds is 9. The Morgan fingerprint density at radius 3 is 2.47 bits per heavy atom. The monoisotopic (exact) mass is 606 g/mol.